The summed E-state index contributed by atoms with van der Waals surface area (Å²) in [4.78, 5) is 23.9. The number of nitrogens with one attached hydrogen (secondary N) is 2. The summed E-state index contributed by atoms with van der Waals surface area (Å²) in [6.45, 7) is 2.42. The molecule has 0 saturated carbocycles. The Hall–Kier alpha value is -2.82. The molecule has 0 spiro atoms. The van der Waals surface area contributed by atoms with Crippen LogP contribution in [0.3, 0.4) is 0 Å². The second-order valence-electron chi connectivity index (χ2n) is 5.36. The van der Waals surface area contributed by atoms with Crippen LogP contribution in [0.2, 0.25) is 0 Å². The maximum absolute atomic E-state index is 12.4. The molecule has 0 aromatic heterocycles. The van der Waals surface area contributed by atoms with Crippen LogP contribution in [0, 0.1) is 0 Å². The lowest BCUT2D eigenvalue weighted by Crippen LogP contribution is -2.13. The quantitative estimate of drug-likeness (QED) is 0.914. The van der Waals surface area contributed by atoms with Gasteiger partial charge in [-0.3, -0.25) is 9.59 Å². The topological polar surface area (TPSA) is 67.4 Å². The Morgan fingerprint density at radius 1 is 1.22 bits per heavy atom. The number of carbonyl (C=O) groups excluding carboxylic acids is 2. The van der Waals surface area contributed by atoms with Crippen molar-refractivity contribution in [3.63, 3.8) is 0 Å². The van der Waals surface area contributed by atoms with E-state index in [9.17, 15) is 9.59 Å². The van der Waals surface area contributed by atoms with Crippen LogP contribution in [0.5, 0.6) is 5.75 Å². The van der Waals surface area contributed by atoms with Gasteiger partial charge in [-0.2, -0.15) is 0 Å². The van der Waals surface area contributed by atoms with Crippen LogP contribution in [0.25, 0.3) is 0 Å². The zero-order valence-corrected chi connectivity index (χ0v) is 12.9. The van der Waals surface area contributed by atoms with Crippen molar-refractivity contribution in [2.75, 3.05) is 17.2 Å². The first-order valence-electron chi connectivity index (χ1n) is 7.62. The van der Waals surface area contributed by atoms with Crippen LogP contribution in [-0.4, -0.2) is 18.4 Å². The predicted octanol–water partition coefficient (Wildman–Crippen LogP) is 3.22. The molecule has 5 heteroatoms. The molecule has 0 fully saturated rings. The van der Waals surface area contributed by atoms with Gasteiger partial charge in [-0.1, -0.05) is 19.1 Å². The van der Waals surface area contributed by atoms with Gasteiger partial charge in [0.05, 0.1) is 18.7 Å². The minimum absolute atomic E-state index is 0.114. The van der Waals surface area contributed by atoms with Crippen molar-refractivity contribution in [1.29, 1.82) is 0 Å². The summed E-state index contributed by atoms with van der Waals surface area (Å²) in [6, 6.07) is 12.8. The van der Waals surface area contributed by atoms with Crippen molar-refractivity contribution in [2.45, 2.75) is 19.8 Å². The minimum atomic E-state index is -0.226. The zero-order chi connectivity index (χ0) is 16.2. The lowest BCUT2D eigenvalue weighted by Gasteiger charge is -2.10. The van der Waals surface area contributed by atoms with E-state index in [0.717, 1.165) is 12.1 Å². The average Bonchev–Trinajstić information content (AvgIpc) is 2.75. The van der Waals surface area contributed by atoms with Crippen LogP contribution in [0.4, 0.5) is 11.4 Å². The summed E-state index contributed by atoms with van der Waals surface area (Å²) in [7, 11) is 0. The highest BCUT2D eigenvalue weighted by Gasteiger charge is 2.16. The number of amides is 2. The van der Waals surface area contributed by atoms with Crippen molar-refractivity contribution in [3.8, 4) is 5.75 Å². The summed E-state index contributed by atoms with van der Waals surface area (Å²) in [6.07, 6.45) is 1.26. The molecule has 23 heavy (non-hydrogen) atoms. The van der Waals surface area contributed by atoms with E-state index in [2.05, 4.69) is 17.6 Å². The van der Waals surface area contributed by atoms with Gasteiger partial charge in [0, 0.05) is 11.3 Å². The number of ether oxygens (including phenoxy) is 1. The standard InChI is InChI=1S/C18H18N2O3/c1-2-12-3-6-14(7-4-12)19-18(22)13-5-8-16-15(11-13)20-17(21)9-10-23-16/h3-8,11H,2,9-10H2,1H3,(H,19,22)(H,20,21). The van der Waals surface area contributed by atoms with Crippen molar-refractivity contribution < 1.29 is 14.3 Å². The van der Waals surface area contributed by atoms with Crippen molar-refractivity contribution in [1.82, 2.24) is 0 Å². The second kappa shape index (κ2) is 6.52. The van der Waals surface area contributed by atoms with Crippen LogP contribution in [0.15, 0.2) is 42.5 Å². The van der Waals surface area contributed by atoms with Gasteiger partial charge in [-0.25, -0.2) is 0 Å². The monoisotopic (exact) mass is 310 g/mol. The van der Waals surface area contributed by atoms with Gasteiger partial charge < -0.3 is 15.4 Å². The molecule has 0 unspecified atom stereocenters. The predicted molar refractivity (Wildman–Crippen MR) is 89.0 cm³/mol. The molecule has 0 radical (unpaired) electrons. The summed E-state index contributed by atoms with van der Waals surface area (Å²) in [5.41, 5.74) is 2.95. The van der Waals surface area contributed by atoms with E-state index >= 15 is 0 Å². The van der Waals surface area contributed by atoms with Gasteiger partial charge in [0.25, 0.3) is 5.91 Å². The van der Waals surface area contributed by atoms with E-state index in [1.165, 1.54) is 5.56 Å². The summed E-state index contributed by atoms with van der Waals surface area (Å²) < 4.78 is 5.48. The smallest absolute Gasteiger partial charge is 0.255 e. The first kappa shape index (κ1) is 15.1. The van der Waals surface area contributed by atoms with E-state index in [4.69, 9.17) is 4.74 Å². The van der Waals surface area contributed by atoms with Gasteiger partial charge in [0.2, 0.25) is 5.91 Å². The fourth-order valence-corrected chi connectivity index (χ4v) is 2.39. The number of hydrogen-bond acceptors (Lipinski definition) is 3. The first-order chi connectivity index (χ1) is 11.2. The van der Waals surface area contributed by atoms with Gasteiger partial charge in [0.15, 0.2) is 0 Å². The maximum Gasteiger partial charge on any atom is 0.255 e. The molecule has 0 saturated heterocycles. The van der Waals surface area contributed by atoms with E-state index in [0.29, 0.717) is 30.0 Å². The Kier molecular flexibility index (Phi) is 4.28. The van der Waals surface area contributed by atoms with Crippen LogP contribution in [0.1, 0.15) is 29.3 Å². The number of anilines is 2. The molecule has 2 N–H and O–H groups in total. The van der Waals surface area contributed by atoms with Crippen molar-refractivity contribution >= 4 is 23.2 Å². The van der Waals surface area contributed by atoms with Crippen molar-refractivity contribution in [2.24, 2.45) is 0 Å². The molecule has 118 valence electrons. The van der Waals surface area contributed by atoms with Crippen LogP contribution in [-0.2, 0) is 11.2 Å². The summed E-state index contributed by atoms with van der Waals surface area (Å²) >= 11 is 0. The molecule has 3 rings (SSSR count). The molecule has 1 aliphatic heterocycles. The Balaban J connectivity index is 1.78. The number of fused-ring (bicyclic) bond motifs is 1. The van der Waals surface area contributed by atoms with E-state index in [-0.39, 0.29) is 11.8 Å². The fraction of sp³-hybridized carbons (Fsp3) is 0.222. The number of rotatable bonds is 3. The van der Waals surface area contributed by atoms with Gasteiger partial charge in [0.1, 0.15) is 5.75 Å². The lowest BCUT2D eigenvalue weighted by molar-refractivity contribution is -0.116. The molecule has 0 aliphatic carbocycles. The SMILES string of the molecule is CCc1ccc(NC(=O)c2ccc3c(c2)NC(=O)CCO3)cc1. The van der Waals surface area contributed by atoms with E-state index < -0.39 is 0 Å². The molecule has 2 aromatic rings. The molecule has 2 aromatic carbocycles. The average molecular weight is 310 g/mol. The number of aryl methyl sites for hydroxylation is 1. The zero-order valence-electron chi connectivity index (χ0n) is 12.9. The van der Waals surface area contributed by atoms with Crippen LogP contribution < -0.4 is 15.4 Å². The molecule has 1 heterocycles. The molecule has 5 nitrogen and oxygen atoms in total. The Bertz CT molecular complexity index is 738. The fourth-order valence-electron chi connectivity index (χ4n) is 2.39. The van der Waals surface area contributed by atoms with Gasteiger partial charge in [-0.15, -0.1) is 0 Å². The number of benzene rings is 2. The highest BCUT2D eigenvalue weighted by molar-refractivity contribution is 6.06. The molecule has 2 amide bonds. The Morgan fingerprint density at radius 2 is 2.00 bits per heavy atom. The van der Waals surface area contributed by atoms with Gasteiger partial charge >= 0.3 is 0 Å². The molecular formula is C18H18N2O3. The highest BCUT2D eigenvalue weighted by atomic mass is 16.5. The maximum atomic E-state index is 12.4. The Morgan fingerprint density at radius 3 is 2.74 bits per heavy atom. The molecule has 1 aliphatic rings. The largest absolute Gasteiger partial charge is 0.491 e. The first-order valence-corrected chi connectivity index (χ1v) is 7.62. The van der Waals surface area contributed by atoms with E-state index in [1.807, 2.05) is 24.3 Å². The molecule has 0 bridgehead atoms. The third-order valence-electron chi connectivity index (χ3n) is 3.72. The van der Waals surface area contributed by atoms with Gasteiger partial charge in [-0.05, 0) is 42.3 Å². The summed E-state index contributed by atoms with van der Waals surface area (Å²) in [5.74, 6) is 0.242. The lowest BCUT2D eigenvalue weighted by atomic mass is 10.1. The third kappa shape index (κ3) is 3.51. The highest BCUT2D eigenvalue weighted by Crippen LogP contribution is 2.28. The van der Waals surface area contributed by atoms with Crippen molar-refractivity contribution in [3.05, 3.63) is 53.6 Å². The minimum Gasteiger partial charge on any atom is -0.491 e. The molecule has 0 atom stereocenters. The molecular weight excluding hydrogens is 292 g/mol. The van der Waals surface area contributed by atoms with Crippen LogP contribution >= 0.6 is 0 Å². The third-order valence-corrected chi connectivity index (χ3v) is 3.72. The Labute approximate surface area is 134 Å². The number of carbonyl (C=O) groups is 2. The second-order valence-corrected chi connectivity index (χ2v) is 5.36. The normalized spacial score (nSPS) is 13.3. The number of hydrogen-bond donors (Lipinski definition) is 2. The summed E-state index contributed by atoms with van der Waals surface area (Å²) in [5, 5.41) is 5.60. The van der Waals surface area contributed by atoms with E-state index in [1.54, 1.807) is 18.2 Å².